The number of carbonyl (C=O) groups excluding carboxylic acids is 2. The Balaban J connectivity index is 1.32. The number of hydrogen-bond acceptors (Lipinski definition) is 4. The van der Waals surface area contributed by atoms with Crippen LogP contribution in [-0.2, 0) is 16.1 Å². The van der Waals surface area contributed by atoms with Crippen LogP contribution in [0.25, 0.3) is 6.08 Å². The molecule has 2 aliphatic rings. The molecule has 0 radical (unpaired) electrons. The van der Waals surface area contributed by atoms with Gasteiger partial charge in [0.15, 0.2) is 0 Å². The van der Waals surface area contributed by atoms with E-state index in [1.54, 1.807) is 12.2 Å². The quantitative estimate of drug-likeness (QED) is 0.733. The van der Waals surface area contributed by atoms with Crippen molar-refractivity contribution in [3.05, 3.63) is 65.7 Å². The monoisotopic (exact) mass is 418 g/mol. The number of hydrogen-bond donors (Lipinski definition) is 1. The summed E-state index contributed by atoms with van der Waals surface area (Å²) in [5, 5.41) is 3.00. The van der Waals surface area contributed by atoms with Gasteiger partial charge in [-0.1, -0.05) is 30.3 Å². The topological polar surface area (TPSA) is 55.9 Å². The molecule has 4 rings (SSSR count). The SMILES string of the molecule is CN1CCN(c2ccccc2CNC(=O)/C=C/c2ccc(N3CCCC3=O)cc2)CC1. The van der Waals surface area contributed by atoms with Gasteiger partial charge in [-0.2, -0.15) is 0 Å². The van der Waals surface area contributed by atoms with Gasteiger partial charge in [0.25, 0.3) is 0 Å². The number of anilines is 2. The maximum absolute atomic E-state index is 12.4. The highest BCUT2D eigenvalue weighted by atomic mass is 16.2. The summed E-state index contributed by atoms with van der Waals surface area (Å²) >= 11 is 0. The van der Waals surface area contributed by atoms with E-state index in [2.05, 4.69) is 40.4 Å². The van der Waals surface area contributed by atoms with Crippen LogP contribution in [0.2, 0.25) is 0 Å². The summed E-state index contributed by atoms with van der Waals surface area (Å²) in [5.41, 5.74) is 4.19. The van der Waals surface area contributed by atoms with Gasteiger partial charge in [0.2, 0.25) is 11.8 Å². The number of nitrogens with zero attached hydrogens (tertiary/aromatic N) is 3. The van der Waals surface area contributed by atoms with Crippen LogP contribution in [0, 0.1) is 0 Å². The summed E-state index contributed by atoms with van der Waals surface area (Å²) in [6.45, 7) is 5.39. The van der Waals surface area contributed by atoms with E-state index in [4.69, 9.17) is 0 Å². The lowest BCUT2D eigenvalue weighted by Crippen LogP contribution is -2.45. The first-order valence-electron chi connectivity index (χ1n) is 11.0. The summed E-state index contributed by atoms with van der Waals surface area (Å²) < 4.78 is 0. The third-order valence-corrected chi connectivity index (χ3v) is 5.99. The standard InChI is InChI=1S/C25H30N4O2/c1-27-15-17-28(18-16-27)23-6-3-2-5-21(23)19-26-24(30)13-10-20-8-11-22(12-9-20)29-14-4-7-25(29)31/h2-3,5-6,8-13H,4,7,14-19H2,1H3,(H,26,30)/b13-10+. The highest BCUT2D eigenvalue weighted by Crippen LogP contribution is 2.23. The van der Waals surface area contributed by atoms with Gasteiger partial charge in [-0.05, 0) is 48.9 Å². The molecule has 2 aliphatic heterocycles. The number of para-hydroxylation sites is 1. The van der Waals surface area contributed by atoms with Crippen LogP contribution in [0.4, 0.5) is 11.4 Å². The largest absolute Gasteiger partial charge is 0.369 e. The Labute approximate surface area is 184 Å². The molecule has 2 aromatic carbocycles. The maximum atomic E-state index is 12.4. The molecule has 0 unspecified atom stereocenters. The van der Waals surface area contributed by atoms with Crippen LogP contribution < -0.4 is 15.1 Å². The van der Waals surface area contributed by atoms with E-state index < -0.39 is 0 Å². The molecule has 31 heavy (non-hydrogen) atoms. The van der Waals surface area contributed by atoms with Gasteiger partial charge in [-0.3, -0.25) is 9.59 Å². The lowest BCUT2D eigenvalue weighted by Gasteiger charge is -2.35. The molecule has 2 heterocycles. The molecule has 2 amide bonds. The van der Waals surface area contributed by atoms with Crippen molar-refractivity contribution in [3.8, 4) is 0 Å². The van der Waals surface area contributed by atoms with Crippen molar-refractivity contribution in [2.24, 2.45) is 0 Å². The fourth-order valence-electron chi connectivity index (χ4n) is 4.12. The smallest absolute Gasteiger partial charge is 0.244 e. The molecule has 0 atom stereocenters. The molecular weight excluding hydrogens is 388 g/mol. The summed E-state index contributed by atoms with van der Waals surface area (Å²) in [6, 6.07) is 16.0. The van der Waals surface area contributed by atoms with Crippen LogP contribution in [-0.4, -0.2) is 56.5 Å². The molecule has 162 valence electrons. The molecule has 0 aliphatic carbocycles. The first-order chi connectivity index (χ1) is 15.1. The fraction of sp³-hybridized carbons (Fsp3) is 0.360. The summed E-state index contributed by atoms with van der Waals surface area (Å²) in [5.74, 6) is 0.0616. The van der Waals surface area contributed by atoms with Crippen molar-refractivity contribution in [1.82, 2.24) is 10.2 Å². The normalized spacial score (nSPS) is 17.5. The van der Waals surface area contributed by atoms with Crippen molar-refractivity contribution < 1.29 is 9.59 Å². The number of amides is 2. The number of benzene rings is 2. The van der Waals surface area contributed by atoms with Crippen LogP contribution >= 0.6 is 0 Å². The van der Waals surface area contributed by atoms with E-state index in [0.717, 1.165) is 56.0 Å². The van der Waals surface area contributed by atoms with E-state index in [0.29, 0.717) is 13.0 Å². The van der Waals surface area contributed by atoms with Crippen LogP contribution in [0.3, 0.4) is 0 Å². The number of likely N-dealkylation sites (N-methyl/N-ethyl adjacent to an activating group) is 1. The van der Waals surface area contributed by atoms with Crippen LogP contribution in [0.5, 0.6) is 0 Å². The van der Waals surface area contributed by atoms with Crippen molar-refractivity contribution in [2.75, 3.05) is 49.6 Å². The van der Waals surface area contributed by atoms with Gasteiger partial charge < -0.3 is 20.0 Å². The van der Waals surface area contributed by atoms with Gasteiger partial charge >= 0.3 is 0 Å². The highest BCUT2D eigenvalue weighted by molar-refractivity contribution is 5.95. The Morgan fingerprint density at radius 3 is 2.45 bits per heavy atom. The number of piperazine rings is 1. The summed E-state index contributed by atoms with van der Waals surface area (Å²) in [6.07, 6.45) is 4.91. The molecule has 0 saturated carbocycles. The Kier molecular flexibility index (Phi) is 6.67. The number of nitrogens with one attached hydrogen (secondary N) is 1. The predicted octanol–water partition coefficient (Wildman–Crippen LogP) is 2.89. The second-order valence-corrected chi connectivity index (χ2v) is 8.21. The Morgan fingerprint density at radius 1 is 1.00 bits per heavy atom. The van der Waals surface area contributed by atoms with Crippen LogP contribution in [0.1, 0.15) is 24.0 Å². The van der Waals surface area contributed by atoms with Crippen molar-refractivity contribution in [3.63, 3.8) is 0 Å². The average molecular weight is 419 g/mol. The van der Waals surface area contributed by atoms with E-state index in [-0.39, 0.29) is 11.8 Å². The zero-order chi connectivity index (χ0) is 21.6. The molecule has 2 fully saturated rings. The Bertz CT molecular complexity index is 946. The molecule has 0 bridgehead atoms. The number of rotatable bonds is 6. The third kappa shape index (κ3) is 5.33. The maximum Gasteiger partial charge on any atom is 0.244 e. The average Bonchev–Trinajstić information content (AvgIpc) is 3.23. The van der Waals surface area contributed by atoms with Gasteiger partial charge in [-0.15, -0.1) is 0 Å². The van der Waals surface area contributed by atoms with Gasteiger partial charge in [0, 0.05) is 63.1 Å². The lowest BCUT2D eigenvalue weighted by molar-refractivity contribution is -0.117. The van der Waals surface area contributed by atoms with Crippen molar-refractivity contribution in [1.29, 1.82) is 0 Å². The van der Waals surface area contributed by atoms with Gasteiger partial charge in [-0.25, -0.2) is 0 Å². The molecule has 2 aromatic rings. The first-order valence-corrected chi connectivity index (χ1v) is 11.0. The number of carbonyl (C=O) groups is 2. The molecule has 2 saturated heterocycles. The minimum absolute atomic E-state index is 0.119. The Hall–Kier alpha value is -3.12. The second kappa shape index (κ2) is 9.79. The van der Waals surface area contributed by atoms with Crippen LogP contribution in [0.15, 0.2) is 54.6 Å². The van der Waals surface area contributed by atoms with E-state index in [1.807, 2.05) is 35.2 Å². The van der Waals surface area contributed by atoms with Crippen molar-refractivity contribution in [2.45, 2.75) is 19.4 Å². The fourth-order valence-corrected chi connectivity index (χ4v) is 4.12. The summed E-state index contributed by atoms with van der Waals surface area (Å²) in [7, 11) is 2.15. The van der Waals surface area contributed by atoms with Gasteiger partial charge in [0.1, 0.15) is 0 Å². The minimum Gasteiger partial charge on any atom is -0.369 e. The molecule has 0 aromatic heterocycles. The van der Waals surface area contributed by atoms with E-state index in [9.17, 15) is 9.59 Å². The zero-order valence-electron chi connectivity index (χ0n) is 18.1. The minimum atomic E-state index is -0.119. The predicted molar refractivity (Wildman–Crippen MR) is 125 cm³/mol. The molecule has 0 spiro atoms. The van der Waals surface area contributed by atoms with E-state index >= 15 is 0 Å². The summed E-state index contributed by atoms with van der Waals surface area (Å²) in [4.78, 5) is 30.8. The Morgan fingerprint density at radius 2 is 1.74 bits per heavy atom. The first kappa shape index (κ1) is 21.1. The second-order valence-electron chi connectivity index (χ2n) is 8.21. The van der Waals surface area contributed by atoms with Crippen molar-refractivity contribution >= 4 is 29.3 Å². The zero-order valence-corrected chi connectivity index (χ0v) is 18.1. The molecular formula is C25H30N4O2. The highest BCUT2D eigenvalue weighted by Gasteiger charge is 2.21. The lowest BCUT2D eigenvalue weighted by atomic mass is 10.1. The molecule has 6 nitrogen and oxygen atoms in total. The molecule has 6 heteroatoms. The van der Waals surface area contributed by atoms with Gasteiger partial charge in [0.05, 0.1) is 0 Å². The van der Waals surface area contributed by atoms with E-state index in [1.165, 1.54) is 5.69 Å². The third-order valence-electron chi connectivity index (χ3n) is 5.99. The molecule has 1 N–H and O–H groups in total.